The molecule has 2 unspecified atom stereocenters. The zero-order valence-corrected chi connectivity index (χ0v) is 37.5. The van der Waals surface area contributed by atoms with E-state index in [1.54, 1.807) is 81.4 Å². The van der Waals surface area contributed by atoms with Crippen molar-refractivity contribution in [2.24, 2.45) is 0 Å². The number of aliphatic hydroxyl groups is 1. The highest BCUT2D eigenvalue weighted by Gasteiger charge is 2.24. The molecule has 4 amide bonds. The van der Waals surface area contributed by atoms with Gasteiger partial charge in [-0.15, -0.1) is 0 Å². The number of carbonyl (C=O) groups excluding carboxylic acids is 5. The van der Waals surface area contributed by atoms with Crippen LogP contribution in [-0.4, -0.2) is 78.7 Å². The first kappa shape index (κ1) is 49.7. The minimum absolute atomic E-state index is 0.0352. The Kier molecular flexibility index (Phi) is 19.1. The van der Waals surface area contributed by atoms with Gasteiger partial charge in [0.05, 0.1) is 34.4 Å². The van der Waals surface area contributed by atoms with Crippen LogP contribution in [-0.2, 0) is 33.8 Å². The van der Waals surface area contributed by atoms with E-state index < -0.39 is 35.5 Å². The number of likely N-dealkylation sites (N-methyl/N-ethyl adjacent to an activating group) is 2. The molecule has 5 N–H and O–H groups in total. The van der Waals surface area contributed by atoms with Gasteiger partial charge in [-0.1, -0.05) is 59.6 Å². The lowest BCUT2D eigenvalue weighted by Crippen LogP contribution is -2.47. The fraction of sp³-hybridized carbons (Fsp3) is 0.370. The number of hydrogen-bond acceptors (Lipinski definition) is 9. The van der Waals surface area contributed by atoms with Crippen LogP contribution >= 0.6 is 23.2 Å². The smallest absolute Gasteiger partial charge is 0.338 e. The number of aliphatic hydroxyl groups excluding tert-OH is 1. The van der Waals surface area contributed by atoms with E-state index >= 15 is 0 Å². The molecule has 4 rings (SSSR count). The van der Waals surface area contributed by atoms with Gasteiger partial charge in [-0.3, -0.25) is 19.2 Å². The van der Waals surface area contributed by atoms with Crippen molar-refractivity contribution in [2.75, 3.05) is 14.1 Å². The average Bonchev–Trinajstić information content (AvgIpc) is 3.20. The van der Waals surface area contributed by atoms with Crippen molar-refractivity contribution in [1.82, 2.24) is 21.3 Å². The highest BCUT2D eigenvalue weighted by atomic mass is 35.5. The molecule has 0 aliphatic rings. The molecule has 0 aromatic heterocycles. The summed E-state index contributed by atoms with van der Waals surface area (Å²) in [6.45, 7) is 12.9. The first-order valence-electron chi connectivity index (χ1n) is 19.7. The fourth-order valence-corrected chi connectivity index (χ4v) is 6.05. The maximum Gasteiger partial charge on any atom is 0.338 e. The summed E-state index contributed by atoms with van der Waals surface area (Å²) in [5.74, 6) is -0.926. The fourth-order valence-electron chi connectivity index (χ4n) is 5.60. The first-order chi connectivity index (χ1) is 28.7. The van der Waals surface area contributed by atoms with Gasteiger partial charge in [-0.25, -0.2) is 4.79 Å². The second-order valence-corrected chi connectivity index (χ2v) is 16.3. The number of halogens is 2. The van der Waals surface area contributed by atoms with Crippen molar-refractivity contribution in [2.45, 2.75) is 97.8 Å². The van der Waals surface area contributed by atoms with E-state index in [-0.39, 0.29) is 37.0 Å². The molecule has 15 heteroatoms. The molecule has 0 spiro atoms. The van der Waals surface area contributed by atoms with Crippen LogP contribution in [0.1, 0.15) is 96.2 Å². The highest BCUT2D eigenvalue weighted by molar-refractivity contribution is 6.32. The Hall–Kier alpha value is -5.63. The third-order valence-electron chi connectivity index (χ3n) is 8.52. The molecule has 0 radical (unpaired) electrons. The van der Waals surface area contributed by atoms with E-state index in [9.17, 15) is 24.0 Å². The van der Waals surface area contributed by atoms with Crippen molar-refractivity contribution in [1.29, 1.82) is 0 Å². The molecule has 0 bridgehead atoms. The Morgan fingerprint density at radius 2 is 0.951 bits per heavy atom. The molecule has 0 saturated heterocycles. The molecule has 0 fully saturated rings. The van der Waals surface area contributed by atoms with Gasteiger partial charge < -0.3 is 40.6 Å². The van der Waals surface area contributed by atoms with E-state index in [1.165, 1.54) is 26.2 Å². The molecular weight excluding hydrogens is 823 g/mol. The van der Waals surface area contributed by atoms with Gasteiger partial charge in [0.15, 0.2) is 0 Å². The molecule has 0 heterocycles. The molecule has 13 nitrogen and oxygen atoms in total. The highest BCUT2D eigenvalue weighted by Crippen LogP contribution is 2.28. The molecule has 328 valence electrons. The van der Waals surface area contributed by atoms with Crippen molar-refractivity contribution in [3.63, 3.8) is 0 Å². The zero-order valence-electron chi connectivity index (χ0n) is 36.0. The topological polar surface area (TPSA) is 181 Å². The molecule has 4 aromatic carbocycles. The van der Waals surface area contributed by atoms with E-state index in [2.05, 4.69) is 21.3 Å². The standard InChI is InChI=1S/C25H31ClN2O5.C21H25ClN2O4/c1-15(2)32-21-12-11-18(14-19(21)26)22(29)28-20(23(30)27-6)13-16-7-9-17(10-8-16)24(31)33-25(3,4)5;1-13(2)28-19-9-8-16(11-17(19)22)20(26)24-18(21(27)23-3)10-14-4-6-15(12-25)7-5-14/h7-12,14-15,20H,13H2,1-6H3,(H,27,30)(H,28,29);4-9,11,13,18,25H,10,12H2,1-3H3,(H,23,27)(H,24,26). The van der Waals surface area contributed by atoms with Gasteiger partial charge >= 0.3 is 5.97 Å². The van der Waals surface area contributed by atoms with Crippen LogP contribution < -0.4 is 30.7 Å². The Balaban J connectivity index is 0.000000330. The molecule has 0 aliphatic carbocycles. The second kappa shape index (κ2) is 23.4. The van der Waals surface area contributed by atoms with Gasteiger partial charge in [0.25, 0.3) is 11.8 Å². The van der Waals surface area contributed by atoms with Crippen molar-refractivity contribution >= 4 is 52.8 Å². The van der Waals surface area contributed by atoms with Gasteiger partial charge in [0, 0.05) is 38.1 Å². The molecule has 2 atom stereocenters. The van der Waals surface area contributed by atoms with E-state index in [4.69, 9.17) is 42.5 Å². The average molecular weight is 880 g/mol. The van der Waals surface area contributed by atoms with E-state index in [0.29, 0.717) is 44.7 Å². The Morgan fingerprint density at radius 1 is 0.590 bits per heavy atom. The van der Waals surface area contributed by atoms with Crippen LogP contribution in [0.25, 0.3) is 0 Å². The monoisotopic (exact) mass is 878 g/mol. The molecule has 4 aromatic rings. The second-order valence-electron chi connectivity index (χ2n) is 15.5. The minimum atomic E-state index is -0.819. The summed E-state index contributed by atoms with van der Waals surface area (Å²) in [5.41, 5.74) is 2.89. The third-order valence-corrected chi connectivity index (χ3v) is 9.11. The minimum Gasteiger partial charge on any atom is -0.489 e. The van der Waals surface area contributed by atoms with Crippen molar-refractivity contribution in [3.05, 3.63) is 128 Å². The third kappa shape index (κ3) is 16.4. The first-order valence-corrected chi connectivity index (χ1v) is 20.5. The van der Waals surface area contributed by atoms with Gasteiger partial charge in [-0.05, 0) is 114 Å². The summed E-state index contributed by atoms with van der Waals surface area (Å²) in [5, 5.41) is 20.4. The van der Waals surface area contributed by atoms with Crippen LogP contribution in [0, 0.1) is 0 Å². The van der Waals surface area contributed by atoms with E-state index in [1.807, 2.05) is 39.8 Å². The van der Waals surface area contributed by atoms with Crippen LogP contribution in [0.5, 0.6) is 11.5 Å². The lowest BCUT2D eigenvalue weighted by molar-refractivity contribution is -0.123. The van der Waals surface area contributed by atoms with Crippen LogP contribution in [0.15, 0.2) is 84.9 Å². The number of carbonyl (C=O) groups is 5. The number of rotatable bonds is 16. The molecular formula is C46H56Cl2N4O9. The summed E-state index contributed by atoms with van der Waals surface area (Å²) in [4.78, 5) is 62.3. The predicted molar refractivity (Wildman–Crippen MR) is 236 cm³/mol. The largest absolute Gasteiger partial charge is 0.489 e. The number of hydrogen-bond donors (Lipinski definition) is 5. The number of ether oxygens (including phenoxy) is 3. The summed E-state index contributed by atoms with van der Waals surface area (Å²) >= 11 is 12.4. The summed E-state index contributed by atoms with van der Waals surface area (Å²) < 4.78 is 16.5. The number of nitrogens with one attached hydrogen (secondary N) is 4. The number of amides is 4. The maximum absolute atomic E-state index is 12.8. The van der Waals surface area contributed by atoms with Crippen molar-refractivity contribution in [3.8, 4) is 11.5 Å². The van der Waals surface area contributed by atoms with Crippen LogP contribution in [0.3, 0.4) is 0 Å². The van der Waals surface area contributed by atoms with Crippen molar-refractivity contribution < 1.29 is 43.3 Å². The Bertz CT molecular complexity index is 2120. The summed E-state index contributed by atoms with van der Waals surface area (Å²) in [7, 11) is 3.02. The van der Waals surface area contributed by atoms with E-state index in [0.717, 1.165) is 16.7 Å². The Morgan fingerprint density at radius 3 is 1.28 bits per heavy atom. The number of benzene rings is 4. The zero-order chi connectivity index (χ0) is 45.4. The predicted octanol–water partition coefficient (Wildman–Crippen LogP) is 6.88. The lowest BCUT2D eigenvalue weighted by atomic mass is 10.0. The molecule has 61 heavy (non-hydrogen) atoms. The lowest BCUT2D eigenvalue weighted by Gasteiger charge is -2.20. The van der Waals surface area contributed by atoms with Gasteiger partial charge in [0.2, 0.25) is 11.8 Å². The number of esters is 1. The summed E-state index contributed by atoms with van der Waals surface area (Å²) in [6, 6.07) is 21.9. The van der Waals surface area contributed by atoms with Gasteiger partial charge in [-0.2, -0.15) is 0 Å². The SMILES string of the molecule is CNC(=O)C(Cc1ccc(C(=O)OC(C)(C)C)cc1)NC(=O)c1ccc(OC(C)C)c(Cl)c1.CNC(=O)C(Cc1ccc(CO)cc1)NC(=O)c1ccc(OC(C)C)c(Cl)c1. The quantitative estimate of drug-likeness (QED) is 0.0751. The Labute approximate surface area is 367 Å². The summed E-state index contributed by atoms with van der Waals surface area (Å²) in [6.07, 6.45) is 0.468. The molecule has 0 saturated carbocycles. The van der Waals surface area contributed by atoms with Gasteiger partial charge in [0.1, 0.15) is 29.2 Å². The molecule has 0 aliphatic heterocycles. The van der Waals surface area contributed by atoms with Crippen LogP contribution in [0.4, 0.5) is 0 Å². The maximum atomic E-state index is 12.8. The van der Waals surface area contributed by atoms with Crippen LogP contribution in [0.2, 0.25) is 10.0 Å². The normalized spacial score (nSPS) is 12.0.